The highest BCUT2D eigenvalue weighted by molar-refractivity contribution is 5.94. The smallest absolute Gasteiger partial charge is 0.219 e. The van der Waals surface area contributed by atoms with Gasteiger partial charge in [-0.1, -0.05) is 6.07 Å². The molecule has 1 aromatic carbocycles. The van der Waals surface area contributed by atoms with Crippen LogP contribution in [0.2, 0.25) is 0 Å². The molecule has 0 amide bonds. The highest BCUT2D eigenvalue weighted by Gasteiger charge is 2.05. The van der Waals surface area contributed by atoms with Crippen LogP contribution in [0.25, 0.3) is 0 Å². The van der Waals surface area contributed by atoms with Crippen LogP contribution in [0.15, 0.2) is 42.6 Å². The quantitative estimate of drug-likeness (QED) is 0.754. The molecule has 0 unspecified atom stereocenters. The lowest BCUT2D eigenvalue weighted by atomic mass is 10.1. The Morgan fingerprint density at radius 3 is 2.65 bits per heavy atom. The molecular weight excluding hydrogens is 214 g/mol. The molecule has 0 bridgehead atoms. The van der Waals surface area contributed by atoms with Crippen LogP contribution in [0.1, 0.15) is 22.8 Å². The van der Waals surface area contributed by atoms with Crippen molar-refractivity contribution in [1.29, 1.82) is 0 Å². The number of ketones is 1. The summed E-state index contributed by atoms with van der Waals surface area (Å²) in [6.07, 6.45) is 1.68. The molecule has 17 heavy (non-hydrogen) atoms. The van der Waals surface area contributed by atoms with Gasteiger partial charge in [0.15, 0.2) is 5.78 Å². The Morgan fingerprint density at radius 1 is 1.24 bits per heavy atom. The number of aryl methyl sites for hydroxylation is 1. The third-order valence-corrected chi connectivity index (χ3v) is 2.43. The van der Waals surface area contributed by atoms with Gasteiger partial charge in [0.2, 0.25) is 5.88 Å². The molecule has 3 nitrogen and oxygen atoms in total. The van der Waals surface area contributed by atoms with Gasteiger partial charge in [-0.25, -0.2) is 4.98 Å². The highest BCUT2D eigenvalue weighted by atomic mass is 16.5. The number of nitrogens with zero attached hydrogens (tertiary/aromatic N) is 1. The van der Waals surface area contributed by atoms with Gasteiger partial charge < -0.3 is 4.74 Å². The zero-order valence-electron chi connectivity index (χ0n) is 9.81. The number of carbonyl (C=O) groups excluding carboxylic acids is 1. The number of rotatable bonds is 3. The van der Waals surface area contributed by atoms with Crippen LogP contribution in [0.5, 0.6) is 11.6 Å². The summed E-state index contributed by atoms with van der Waals surface area (Å²) in [5, 5.41) is 0. The van der Waals surface area contributed by atoms with Crippen molar-refractivity contribution in [1.82, 2.24) is 4.98 Å². The van der Waals surface area contributed by atoms with Gasteiger partial charge in [-0.05, 0) is 43.7 Å². The molecule has 2 rings (SSSR count). The molecule has 1 heterocycles. The second kappa shape index (κ2) is 4.78. The zero-order chi connectivity index (χ0) is 12.3. The zero-order valence-corrected chi connectivity index (χ0v) is 9.81. The molecule has 0 saturated carbocycles. The monoisotopic (exact) mass is 227 g/mol. The number of benzene rings is 1. The van der Waals surface area contributed by atoms with Gasteiger partial charge in [-0.2, -0.15) is 0 Å². The maximum absolute atomic E-state index is 11.2. The Balaban J connectivity index is 2.26. The average Bonchev–Trinajstić information content (AvgIpc) is 2.33. The molecule has 0 spiro atoms. The van der Waals surface area contributed by atoms with Crippen molar-refractivity contribution in [3.63, 3.8) is 0 Å². The summed E-state index contributed by atoms with van der Waals surface area (Å²) in [6, 6.07) is 10.9. The third kappa shape index (κ3) is 2.69. The topological polar surface area (TPSA) is 39.2 Å². The molecule has 1 aromatic heterocycles. The first kappa shape index (κ1) is 11.3. The summed E-state index contributed by atoms with van der Waals surface area (Å²) in [5.41, 5.74) is 1.61. The normalized spacial score (nSPS) is 10.0. The molecule has 0 fully saturated rings. The minimum absolute atomic E-state index is 0.0532. The van der Waals surface area contributed by atoms with E-state index in [2.05, 4.69) is 4.98 Å². The number of aromatic nitrogens is 1. The molecule has 0 N–H and O–H groups in total. The Labute approximate surface area is 100 Å². The van der Waals surface area contributed by atoms with Crippen LogP contribution in [0.4, 0.5) is 0 Å². The van der Waals surface area contributed by atoms with Gasteiger partial charge in [0.05, 0.1) is 0 Å². The molecule has 0 radical (unpaired) electrons. The molecule has 0 aliphatic heterocycles. The van der Waals surface area contributed by atoms with Gasteiger partial charge in [-0.15, -0.1) is 0 Å². The van der Waals surface area contributed by atoms with Gasteiger partial charge >= 0.3 is 0 Å². The van der Waals surface area contributed by atoms with E-state index in [1.54, 1.807) is 31.3 Å². The summed E-state index contributed by atoms with van der Waals surface area (Å²) < 4.78 is 5.62. The lowest BCUT2D eigenvalue weighted by Crippen LogP contribution is -1.95. The number of carbonyl (C=O) groups is 1. The van der Waals surface area contributed by atoms with Crippen molar-refractivity contribution >= 4 is 5.78 Å². The molecule has 86 valence electrons. The summed E-state index contributed by atoms with van der Waals surface area (Å²) in [7, 11) is 0. The average molecular weight is 227 g/mol. The number of ether oxygens (including phenoxy) is 1. The van der Waals surface area contributed by atoms with E-state index in [0.29, 0.717) is 17.2 Å². The first-order valence-corrected chi connectivity index (χ1v) is 5.37. The summed E-state index contributed by atoms with van der Waals surface area (Å²) in [6.45, 7) is 3.46. The fourth-order valence-electron chi connectivity index (χ4n) is 1.50. The first-order chi connectivity index (χ1) is 8.16. The SMILES string of the molecule is CC(=O)c1ccc(Oc2ccccn2)c(C)c1. The molecule has 0 aliphatic rings. The Morgan fingerprint density at radius 2 is 2.06 bits per heavy atom. The number of Topliss-reactive ketones (excluding diaryl/α,β-unsaturated/α-hetero) is 1. The number of hydrogen-bond donors (Lipinski definition) is 0. The first-order valence-electron chi connectivity index (χ1n) is 5.37. The van der Waals surface area contributed by atoms with E-state index < -0.39 is 0 Å². The van der Waals surface area contributed by atoms with Crippen LogP contribution in [-0.2, 0) is 0 Å². The predicted octanol–water partition coefficient (Wildman–Crippen LogP) is 3.38. The Bertz CT molecular complexity index is 535. The van der Waals surface area contributed by atoms with Gasteiger partial charge in [0, 0.05) is 17.8 Å². The van der Waals surface area contributed by atoms with Crippen LogP contribution in [0.3, 0.4) is 0 Å². The fraction of sp³-hybridized carbons (Fsp3) is 0.143. The van der Waals surface area contributed by atoms with E-state index in [9.17, 15) is 4.79 Å². The van der Waals surface area contributed by atoms with Crippen molar-refractivity contribution in [2.75, 3.05) is 0 Å². The molecule has 2 aromatic rings. The van der Waals surface area contributed by atoms with E-state index in [1.807, 2.05) is 25.1 Å². The predicted molar refractivity (Wildman–Crippen MR) is 65.5 cm³/mol. The van der Waals surface area contributed by atoms with E-state index in [1.165, 1.54) is 0 Å². The van der Waals surface area contributed by atoms with Crippen molar-refractivity contribution in [2.24, 2.45) is 0 Å². The lowest BCUT2D eigenvalue weighted by molar-refractivity contribution is 0.101. The van der Waals surface area contributed by atoms with Crippen LogP contribution in [-0.4, -0.2) is 10.8 Å². The molecule has 3 heteroatoms. The Kier molecular flexibility index (Phi) is 3.19. The minimum atomic E-state index is 0.0532. The van der Waals surface area contributed by atoms with E-state index in [-0.39, 0.29) is 5.78 Å². The molecule has 0 saturated heterocycles. The van der Waals surface area contributed by atoms with E-state index >= 15 is 0 Å². The second-order valence-corrected chi connectivity index (χ2v) is 3.81. The second-order valence-electron chi connectivity index (χ2n) is 3.81. The van der Waals surface area contributed by atoms with E-state index in [0.717, 1.165) is 5.56 Å². The largest absolute Gasteiger partial charge is 0.439 e. The van der Waals surface area contributed by atoms with Crippen LogP contribution in [0, 0.1) is 6.92 Å². The number of hydrogen-bond acceptors (Lipinski definition) is 3. The van der Waals surface area contributed by atoms with Gasteiger partial charge in [0.1, 0.15) is 5.75 Å². The maximum Gasteiger partial charge on any atom is 0.219 e. The lowest BCUT2D eigenvalue weighted by Gasteiger charge is -2.08. The molecule has 0 aliphatic carbocycles. The summed E-state index contributed by atoms with van der Waals surface area (Å²) in [5.74, 6) is 1.32. The van der Waals surface area contributed by atoms with Gasteiger partial charge in [-0.3, -0.25) is 4.79 Å². The summed E-state index contributed by atoms with van der Waals surface area (Å²) >= 11 is 0. The van der Waals surface area contributed by atoms with Crippen molar-refractivity contribution in [3.8, 4) is 11.6 Å². The van der Waals surface area contributed by atoms with E-state index in [4.69, 9.17) is 4.74 Å². The van der Waals surface area contributed by atoms with Crippen LogP contribution < -0.4 is 4.74 Å². The molecular formula is C14H13NO2. The van der Waals surface area contributed by atoms with Crippen molar-refractivity contribution in [3.05, 3.63) is 53.7 Å². The van der Waals surface area contributed by atoms with Crippen LogP contribution >= 0.6 is 0 Å². The summed E-state index contributed by atoms with van der Waals surface area (Å²) in [4.78, 5) is 15.3. The third-order valence-electron chi connectivity index (χ3n) is 2.43. The minimum Gasteiger partial charge on any atom is -0.439 e. The Hall–Kier alpha value is -2.16. The highest BCUT2D eigenvalue weighted by Crippen LogP contribution is 2.24. The fourth-order valence-corrected chi connectivity index (χ4v) is 1.50. The standard InChI is InChI=1S/C14H13NO2/c1-10-9-12(11(2)16)6-7-13(10)17-14-5-3-4-8-15-14/h3-9H,1-2H3. The molecule has 0 atom stereocenters. The maximum atomic E-state index is 11.2. The van der Waals surface area contributed by atoms with Gasteiger partial charge in [0.25, 0.3) is 0 Å². The van der Waals surface area contributed by atoms with Crippen molar-refractivity contribution < 1.29 is 9.53 Å². The van der Waals surface area contributed by atoms with Crippen molar-refractivity contribution in [2.45, 2.75) is 13.8 Å². The number of pyridine rings is 1.